The molecule has 2 heterocycles. The van der Waals surface area contributed by atoms with E-state index in [-0.39, 0.29) is 17.4 Å². The number of benzene rings is 1. The van der Waals surface area contributed by atoms with Crippen LogP contribution in [0.1, 0.15) is 24.0 Å². The fourth-order valence-corrected chi connectivity index (χ4v) is 2.27. The summed E-state index contributed by atoms with van der Waals surface area (Å²) in [6, 6.07) is 10.2. The molecule has 3 N–H and O–H groups in total. The summed E-state index contributed by atoms with van der Waals surface area (Å²) in [5.74, 6) is 6.71. The number of nitrogens with one attached hydrogen (secondary N) is 1. The molecule has 3 rings (SSSR count). The van der Waals surface area contributed by atoms with Gasteiger partial charge in [-0.05, 0) is 30.7 Å². The third-order valence-electron chi connectivity index (χ3n) is 3.32. The summed E-state index contributed by atoms with van der Waals surface area (Å²) in [6.45, 7) is 0. The summed E-state index contributed by atoms with van der Waals surface area (Å²) >= 11 is 0. The maximum Gasteiger partial charge on any atom is 0.169 e. The standard InChI is InChI=1S/C15H15FN2O2/c16-12-5-1-3-10-9-14(20-15(10)12)13(18-17)7-6-11-4-2-8-19-11/h1-5,8-9,13,18H,6-7,17H2. The number of hydrogen-bond acceptors (Lipinski definition) is 4. The summed E-state index contributed by atoms with van der Waals surface area (Å²) in [5.41, 5.74) is 2.97. The molecule has 0 aliphatic rings. The fourth-order valence-electron chi connectivity index (χ4n) is 2.27. The lowest BCUT2D eigenvalue weighted by atomic mass is 10.1. The highest BCUT2D eigenvalue weighted by Gasteiger charge is 2.17. The molecule has 5 heteroatoms. The number of furan rings is 2. The van der Waals surface area contributed by atoms with Crippen LogP contribution in [0.5, 0.6) is 0 Å². The molecule has 0 radical (unpaired) electrons. The van der Waals surface area contributed by atoms with E-state index in [0.717, 1.165) is 17.6 Å². The highest BCUT2D eigenvalue weighted by molar-refractivity contribution is 5.78. The maximum absolute atomic E-state index is 13.6. The Hall–Kier alpha value is -2.11. The number of nitrogens with two attached hydrogens (primary N) is 1. The van der Waals surface area contributed by atoms with Gasteiger partial charge in [-0.25, -0.2) is 9.82 Å². The average Bonchev–Trinajstić information content (AvgIpc) is 3.09. The number of halogens is 1. The SMILES string of the molecule is NNC(CCc1ccco1)c1cc2cccc(F)c2o1. The summed E-state index contributed by atoms with van der Waals surface area (Å²) in [7, 11) is 0. The van der Waals surface area contributed by atoms with Crippen LogP contribution in [0.25, 0.3) is 11.0 Å². The van der Waals surface area contributed by atoms with Crippen molar-refractivity contribution in [3.63, 3.8) is 0 Å². The Morgan fingerprint density at radius 2 is 2.15 bits per heavy atom. The summed E-state index contributed by atoms with van der Waals surface area (Å²) in [4.78, 5) is 0. The van der Waals surface area contributed by atoms with E-state index >= 15 is 0 Å². The second kappa shape index (κ2) is 5.48. The van der Waals surface area contributed by atoms with E-state index in [2.05, 4.69) is 5.43 Å². The van der Waals surface area contributed by atoms with Crippen LogP contribution in [0, 0.1) is 5.82 Å². The van der Waals surface area contributed by atoms with Crippen LogP contribution in [0.15, 0.2) is 51.5 Å². The first-order valence-corrected chi connectivity index (χ1v) is 6.44. The molecule has 4 nitrogen and oxygen atoms in total. The van der Waals surface area contributed by atoms with Gasteiger partial charge in [0.2, 0.25) is 0 Å². The zero-order chi connectivity index (χ0) is 13.9. The largest absolute Gasteiger partial charge is 0.469 e. The second-order valence-electron chi connectivity index (χ2n) is 4.64. The maximum atomic E-state index is 13.6. The van der Waals surface area contributed by atoms with Gasteiger partial charge in [0, 0.05) is 11.8 Å². The number of para-hydroxylation sites is 1. The van der Waals surface area contributed by atoms with Gasteiger partial charge >= 0.3 is 0 Å². The molecule has 104 valence electrons. The van der Waals surface area contributed by atoms with Crippen molar-refractivity contribution in [2.45, 2.75) is 18.9 Å². The van der Waals surface area contributed by atoms with Crippen molar-refractivity contribution in [3.8, 4) is 0 Å². The second-order valence-corrected chi connectivity index (χ2v) is 4.64. The van der Waals surface area contributed by atoms with E-state index in [1.165, 1.54) is 6.07 Å². The van der Waals surface area contributed by atoms with Crippen molar-refractivity contribution in [1.82, 2.24) is 5.43 Å². The quantitative estimate of drug-likeness (QED) is 0.553. The van der Waals surface area contributed by atoms with E-state index in [4.69, 9.17) is 14.7 Å². The first-order valence-electron chi connectivity index (χ1n) is 6.44. The van der Waals surface area contributed by atoms with Gasteiger partial charge in [-0.15, -0.1) is 0 Å². The van der Waals surface area contributed by atoms with E-state index < -0.39 is 0 Å². The summed E-state index contributed by atoms with van der Waals surface area (Å²) in [5, 5.41) is 0.734. The molecule has 20 heavy (non-hydrogen) atoms. The first-order chi connectivity index (χ1) is 9.78. The third-order valence-corrected chi connectivity index (χ3v) is 3.32. The molecule has 0 saturated heterocycles. The van der Waals surface area contributed by atoms with Crippen molar-refractivity contribution < 1.29 is 13.2 Å². The van der Waals surface area contributed by atoms with Gasteiger partial charge in [-0.1, -0.05) is 12.1 Å². The van der Waals surface area contributed by atoms with E-state index in [1.54, 1.807) is 12.3 Å². The van der Waals surface area contributed by atoms with Gasteiger partial charge in [0.15, 0.2) is 11.4 Å². The van der Waals surface area contributed by atoms with E-state index in [0.29, 0.717) is 12.2 Å². The van der Waals surface area contributed by atoms with Gasteiger partial charge in [-0.2, -0.15) is 0 Å². The lowest BCUT2D eigenvalue weighted by Gasteiger charge is -2.11. The molecule has 0 spiro atoms. The molecule has 0 amide bonds. The smallest absolute Gasteiger partial charge is 0.169 e. The van der Waals surface area contributed by atoms with Crippen molar-refractivity contribution >= 4 is 11.0 Å². The first kappa shape index (κ1) is 12.9. The van der Waals surface area contributed by atoms with Crippen molar-refractivity contribution in [2.24, 2.45) is 5.84 Å². The Morgan fingerprint density at radius 3 is 2.85 bits per heavy atom. The summed E-state index contributed by atoms with van der Waals surface area (Å²) < 4.78 is 24.5. The minimum atomic E-state index is -0.365. The zero-order valence-corrected chi connectivity index (χ0v) is 10.8. The fraction of sp³-hybridized carbons (Fsp3) is 0.200. The van der Waals surface area contributed by atoms with Gasteiger partial charge in [0.1, 0.15) is 11.5 Å². The lowest BCUT2D eigenvalue weighted by Crippen LogP contribution is -2.28. The topological polar surface area (TPSA) is 64.3 Å². The predicted octanol–water partition coefficient (Wildman–Crippen LogP) is 3.30. The minimum absolute atomic E-state index is 0.188. The molecule has 0 aliphatic heterocycles. The molecular weight excluding hydrogens is 259 g/mol. The minimum Gasteiger partial charge on any atom is -0.469 e. The number of fused-ring (bicyclic) bond motifs is 1. The van der Waals surface area contributed by atoms with Gasteiger partial charge < -0.3 is 8.83 Å². The van der Waals surface area contributed by atoms with Gasteiger partial charge in [-0.3, -0.25) is 5.84 Å². The monoisotopic (exact) mass is 274 g/mol. The van der Waals surface area contributed by atoms with Crippen molar-refractivity contribution in [1.29, 1.82) is 0 Å². The Kier molecular flexibility index (Phi) is 3.54. The van der Waals surface area contributed by atoms with Crippen molar-refractivity contribution in [2.75, 3.05) is 0 Å². The van der Waals surface area contributed by atoms with E-state index in [1.807, 2.05) is 24.3 Å². The highest BCUT2D eigenvalue weighted by Crippen LogP contribution is 2.27. The Bertz CT molecular complexity index is 691. The molecule has 0 fully saturated rings. The molecule has 1 unspecified atom stereocenters. The number of hydrazine groups is 1. The van der Waals surface area contributed by atoms with Crippen LogP contribution in [-0.2, 0) is 6.42 Å². The molecule has 0 aliphatic carbocycles. The van der Waals surface area contributed by atoms with Crippen LogP contribution in [-0.4, -0.2) is 0 Å². The average molecular weight is 274 g/mol. The van der Waals surface area contributed by atoms with Crippen LogP contribution in [0.2, 0.25) is 0 Å². The van der Waals surface area contributed by atoms with Gasteiger partial charge in [0.05, 0.1) is 12.3 Å². The van der Waals surface area contributed by atoms with Crippen molar-refractivity contribution in [3.05, 3.63) is 60.0 Å². The number of aryl methyl sites for hydroxylation is 1. The van der Waals surface area contributed by atoms with Crippen LogP contribution < -0.4 is 11.3 Å². The van der Waals surface area contributed by atoms with Gasteiger partial charge in [0.25, 0.3) is 0 Å². The molecule has 0 saturated carbocycles. The molecule has 3 aromatic rings. The van der Waals surface area contributed by atoms with Crippen LogP contribution >= 0.6 is 0 Å². The molecule has 0 bridgehead atoms. The van der Waals surface area contributed by atoms with Crippen LogP contribution in [0.4, 0.5) is 4.39 Å². The third kappa shape index (κ3) is 2.45. The number of rotatable bonds is 5. The molecule has 1 atom stereocenters. The Morgan fingerprint density at radius 1 is 1.25 bits per heavy atom. The predicted molar refractivity (Wildman–Crippen MR) is 73.3 cm³/mol. The normalized spacial score (nSPS) is 12.9. The Labute approximate surface area is 115 Å². The number of hydrogen-bond donors (Lipinski definition) is 2. The lowest BCUT2D eigenvalue weighted by molar-refractivity contribution is 0.397. The molecular formula is C15H15FN2O2. The van der Waals surface area contributed by atoms with Crippen LogP contribution in [0.3, 0.4) is 0 Å². The summed E-state index contributed by atoms with van der Waals surface area (Å²) in [6.07, 6.45) is 3.06. The Balaban J connectivity index is 1.81. The molecule has 2 aromatic heterocycles. The molecule has 1 aromatic carbocycles. The zero-order valence-electron chi connectivity index (χ0n) is 10.8. The highest BCUT2D eigenvalue weighted by atomic mass is 19.1. The van der Waals surface area contributed by atoms with E-state index in [9.17, 15) is 4.39 Å².